The van der Waals surface area contributed by atoms with Crippen LogP contribution in [0.4, 0.5) is 0 Å². The molecule has 0 radical (unpaired) electrons. The van der Waals surface area contributed by atoms with Crippen molar-refractivity contribution in [3.05, 3.63) is 16.1 Å². The van der Waals surface area contributed by atoms with E-state index in [-0.39, 0.29) is 11.0 Å². The molecule has 1 heterocycles. The van der Waals surface area contributed by atoms with E-state index >= 15 is 0 Å². The van der Waals surface area contributed by atoms with Crippen LogP contribution in [0.3, 0.4) is 0 Å². The molecular formula is C15H24N2OS. The Hall–Kier alpha value is -0.450. The summed E-state index contributed by atoms with van der Waals surface area (Å²) in [4.78, 5) is 4.96. The summed E-state index contributed by atoms with van der Waals surface area (Å²) in [7, 11) is 0. The minimum atomic E-state index is -0.0861. The highest BCUT2D eigenvalue weighted by Crippen LogP contribution is 2.47. The van der Waals surface area contributed by atoms with E-state index in [1.165, 1.54) is 42.8 Å². The highest BCUT2D eigenvalue weighted by Gasteiger charge is 2.43. The Balaban J connectivity index is 1.87. The van der Waals surface area contributed by atoms with Crippen LogP contribution in [-0.2, 0) is 15.8 Å². The second-order valence-electron chi connectivity index (χ2n) is 6.01. The summed E-state index contributed by atoms with van der Waals surface area (Å²) in [6.45, 7) is 3.59. The Kier molecular flexibility index (Phi) is 3.67. The smallest absolute Gasteiger partial charge is 0.125 e. The van der Waals surface area contributed by atoms with Gasteiger partial charge in [0.05, 0.1) is 5.69 Å². The third-order valence-corrected chi connectivity index (χ3v) is 6.00. The predicted octanol–water partition coefficient (Wildman–Crippen LogP) is 3.33. The molecule has 0 amide bonds. The van der Waals surface area contributed by atoms with Gasteiger partial charge in [-0.2, -0.15) is 0 Å². The molecule has 2 saturated carbocycles. The molecule has 0 atom stereocenters. The highest BCUT2D eigenvalue weighted by atomic mass is 32.1. The molecule has 3 rings (SSSR count). The number of hydrogen-bond acceptors (Lipinski definition) is 4. The van der Waals surface area contributed by atoms with Crippen molar-refractivity contribution in [3.8, 4) is 0 Å². The summed E-state index contributed by atoms with van der Waals surface area (Å²) in [5.41, 5.74) is 7.31. The molecule has 2 fully saturated rings. The lowest BCUT2D eigenvalue weighted by Gasteiger charge is -2.39. The van der Waals surface area contributed by atoms with Crippen molar-refractivity contribution in [3.63, 3.8) is 0 Å². The molecular weight excluding hydrogens is 256 g/mol. The number of rotatable bonds is 5. The third kappa shape index (κ3) is 2.14. The topological polar surface area (TPSA) is 48.1 Å². The van der Waals surface area contributed by atoms with E-state index < -0.39 is 0 Å². The summed E-state index contributed by atoms with van der Waals surface area (Å²) < 4.78 is 6.10. The van der Waals surface area contributed by atoms with Gasteiger partial charge in [0.1, 0.15) is 10.6 Å². The van der Waals surface area contributed by atoms with E-state index in [4.69, 9.17) is 15.5 Å². The van der Waals surface area contributed by atoms with Crippen molar-refractivity contribution in [2.75, 3.05) is 13.2 Å². The van der Waals surface area contributed by atoms with Crippen LogP contribution in [0.25, 0.3) is 0 Å². The van der Waals surface area contributed by atoms with Crippen molar-refractivity contribution in [2.24, 2.45) is 5.73 Å². The minimum absolute atomic E-state index is 0.0861. The van der Waals surface area contributed by atoms with Crippen LogP contribution in [0.5, 0.6) is 0 Å². The van der Waals surface area contributed by atoms with E-state index in [0.717, 1.165) is 26.0 Å². The number of nitrogens with two attached hydrogens (primary N) is 1. The quantitative estimate of drug-likeness (QED) is 0.900. The molecule has 0 aliphatic heterocycles. The van der Waals surface area contributed by atoms with Crippen LogP contribution in [0.2, 0.25) is 0 Å². The zero-order chi connectivity index (χ0) is 13.3. The fraction of sp³-hybridized carbons (Fsp3) is 0.800. The van der Waals surface area contributed by atoms with Crippen LogP contribution in [0.1, 0.15) is 62.6 Å². The Morgan fingerprint density at radius 3 is 2.53 bits per heavy atom. The average Bonchev–Trinajstić information content (AvgIpc) is 2.98. The van der Waals surface area contributed by atoms with Gasteiger partial charge in [0.15, 0.2) is 0 Å². The highest BCUT2D eigenvalue weighted by molar-refractivity contribution is 7.09. The van der Waals surface area contributed by atoms with Crippen molar-refractivity contribution < 1.29 is 4.74 Å². The lowest BCUT2D eigenvalue weighted by Crippen LogP contribution is -2.42. The lowest BCUT2D eigenvalue weighted by atomic mass is 9.67. The maximum Gasteiger partial charge on any atom is 0.125 e. The number of thiazole rings is 1. The maximum absolute atomic E-state index is 6.10. The van der Waals surface area contributed by atoms with Crippen molar-refractivity contribution in [2.45, 2.75) is 62.9 Å². The molecule has 1 aromatic heterocycles. The molecule has 0 spiro atoms. The molecule has 0 aromatic carbocycles. The number of aromatic nitrogens is 1. The minimum Gasteiger partial charge on any atom is -0.368 e. The Morgan fingerprint density at radius 2 is 2.00 bits per heavy atom. The van der Waals surface area contributed by atoms with Gasteiger partial charge in [-0.3, -0.25) is 0 Å². The van der Waals surface area contributed by atoms with Crippen LogP contribution in [-0.4, -0.2) is 18.1 Å². The number of ether oxygens (including phenoxy) is 1. The Labute approximate surface area is 119 Å². The van der Waals surface area contributed by atoms with Gasteiger partial charge >= 0.3 is 0 Å². The first-order valence-electron chi connectivity index (χ1n) is 7.55. The molecule has 0 bridgehead atoms. The standard InChI is InChI=1S/C15H24N2OS/c1-2-18-15(8-3-4-9-15)13-17-12(10-19-13)14(11-16)6-5-7-14/h10H,2-9,11,16H2,1H3. The summed E-state index contributed by atoms with van der Waals surface area (Å²) in [5.74, 6) is 0. The van der Waals surface area contributed by atoms with Crippen molar-refractivity contribution in [1.82, 2.24) is 4.98 Å². The first kappa shape index (κ1) is 13.5. The van der Waals surface area contributed by atoms with Gasteiger partial charge in [0, 0.05) is 23.9 Å². The normalized spacial score (nSPS) is 24.3. The van der Waals surface area contributed by atoms with Crippen LogP contribution in [0.15, 0.2) is 5.38 Å². The second kappa shape index (κ2) is 5.15. The number of hydrogen-bond donors (Lipinski definition) is 1. The zero-order valence-electron chi connectivity index (χ0n) is 11.8. The maximum atomic E-state index is 6.10. The van der Waals surface area contributed by atoms with E-state index in [9.17, 15) is 0 Å². The zero-order valence-corrected chi connectivity index (χ0v) is 12.6. The number of nitrogens with zero attached hydrogens (tertiary/aromatic N) is 1. The van der Waals surface area contributed by atoms with Gasteiger partial charge in [-0.1, -0.05) is 19.3 Å². The molecule has 2 aliphatic rings. The molecule has 0 unspecified atom stereocenters. The average molecular weight is 280 g/mol. The van der Waals surface area contributed by atoms with Gasteiger partial charge in [-0.05, 0) is 32.6 Å². The Morgan fingerprint density at radius 1 is 1.26 bits per heavy atom. The summed E-state index contributed by atoms with van der Waals surface area (Å²) in [5, 5.41) is 3.43. The molecule has 106 valence electrons. The van der Waals surface area contributed by atoms with Gasteiger partial charge in [0.25, 0.3) is 0 Å². The first-order chi connectivity index (χ1) is 9.25. The molecule has 3 nitrogen and oxygen atoms in total. The third-order valence-electron chi connectivity index (χ3n) is 4.97. The first-order valence-corrected chi connectivity index (χ1v) is 8.43. The van der Waals surface area contributed by atoms with E-state index in [1.807, 2.05) is 0 Å². The fourth-order valence-electron chi connectivity index (χ4n) is 3.54. The van der Waals surface area contributed by atoms with Crippen molar-refractivity contribution >= 4 is 11.3 Å². The van der Waals surface area contributed by atoms with Gasteiger partial charge in [-0.25, -0.2) is 4.98 Å². The Bertz CT molecular complexity index is 428. The molecule has 1 aromatic rings. The molecule has 2 aliphatic carbocycles. The molecule has 4 heteroatoms. The SMILES string of the molecule is CCOC1(c2nc(C3(CN)CCC3)cs2)CCCC1. The summed E-state index contributed by atoms with van der Waals surface area (Å²) in [6.07, 6.45) is 8.48. The summed E-state index contributed by atoms with van der Waals surface area (Å²) in [6, 6.07) is 0. The van der Waals surface area contributed by atoms with Gasteiger partial charge in [0.2, 0.25) is 0 Å². The lowest BCUT2D eigenvalue weighted by molar-refractivity contribution is -0.0393. The van der Waals surface area contributed by atoms with Crippen LogP contribution >= 0.6 is 11.3 Å². The van der Waals surface area contributed by atoms with Crippen molar-refractivity contribution in [1.29, 1.82) is 0 Å². The van der Waals surface area contributed by atoms with Gasteiger partial charge < -0.3 is 10.5 Å². The van der Waals surface area contributed by atoms with Gasteiger partial charge in [-0.15, -0.1) is 11.3 Å². The van der Waals surface area contributed by atoms with E-state index in [1.54, 1.807) is 11.3 Å². The monoisotopic (exact) mass is 280 g/mol. The van der Waals surface area contributed by atoms with Crippen LogP contribution in [0, 0.1) is 0 Å². The second-order valence-corrected chi connectivity index (χ2v) is 6.87. The molecule has 0 saturated heterocycles. The fourth-order valence-corrected chi connectivity index (χ4v) is 4.69. The largest absolute Gasteiger partial charge is 0.368 e. The summed E-state index contributed by atoms with van der Waals surface area (Å²) >= 11 is 1.79. The molecule has 2 N–H and O–H groups in total. The van der Waals surface area contributed by atoms with E-state index in [0.29, 0.717) is 0 Å². The van der Waals surface area contributed by atoms with Crippen LogP contribution < -0.4 is 5.73 Å². The van der Waals surface area contributed by atoms with E-state index in [2.05, 4.69) is 12.3 Å². The molecule has 19 heavy (non-hydrogen) atoms. The predicted molar refractivity (Wildman–Crippen MR) is 78.5 cm³/mol.